The Labute approximate surface area is 129 Å². The van der Waals surface area contributed by atoms with Crippen LogP contribution in [0.5, 0.6) is 0 Å². The van der Waals surface area contributed by atoms with Crippen LogP contribution in [-0.2, 0) is 4.79 Å². The predicted molar refractivity (Wildman–Crippen MR) is 84.8 cm³/mol. The lowest BCUT2D eigenvalue weighted by atomic mass is 9.93. The molecule has 0 spiro atoms. The molecule has 2 bridgehead atoms. The summed E-state index contributed by atoms with van der Waals surface area (Å²) in [6, 6.07) is 0.504. The van der Waals surface area contributed by atoms with E-state index in [1.54, 1.807) is 0 Å². The van der Waals surface area contributed by atoms with Crippen molar-refractivity contribution >= 4 is 5.91 Å². The Hall–Kier alpha value is -0.610. The van der Waals surface area contributed by atoms with E-state index >= 15 is 0 Å². The topological polar surface area (TPSA) is 49.6 Å². The molecular weight excluding hydrogens is 262 g/mol. The average molecular weight is 293 g/mol. The summed E-state index contributed by atoms with van der Waals surface area (Å²) < 4.78 is 0. The van der Waals surface area contributed by atoms with Gasteiger partial charge in [-0.25, -0.2) is 0 Å². The Balaban J connectivity index is 1.47. The van der Waals surface area contributed by atoms with E-state index in [2.05, 4.69) is 18.7 Å². The first kappa shape index (κ1) is 15.3. The van der Waals surface area contributed by atoms with Gasteiger partial charge in [-0.3, -0.25) is 9.69 Å². The quantitative estimate of drug-likeness (QED) is 0.858. The van der Waals surface area contributed by atoms with Gasteiger partial charge in [0.05, 0.1) is 6.04 Å². The number of nitrogens with zero attached hydrogens (tertiary/aromatic N) is 2. The average Bonchev–Trinajstić information content (AvgIpc) is 3.08. The van der Waals surface area contributed by atoms with E-state index in [-0.39, 0.29) is 11.9 Å². The predicted octanol–water partition coefficient (Wildman–Crippen LogP) is 1.69. The van der Waals surface area contributed by atoms with Gasteiger partial charge in [-0.2, -0.15) is 0 Å². The van der Waals surface area contributed by atoms with Gasteiger partial charge in [-0.15, -0.1) is 0 Å². The van der Waals surface area contributed by atoms with Crippen molar-refractivity contribution in [2.45, 2.75) is 58.0 Å². The first-order valence-electron chi connectivity index (χ1n) is 8.83. The van der Waals surface area contributed by atoms with Crippen molar-refractivity contribution in [1.82, 2.24) is 9.80 Å². The van der Waals surface area contributed by atoms with Crippen molar-refractivity contribution < 1.29 is 4.79 Å². The first-order chi connectivity index (χ1) is 10.0. The minimum absolute atomic E-state index is 0.163. The first-order valence-corrected chi connectivity index (χ1v) is 8.83. The molecule has 0 aromatic heterocycles. The number of rotatable bonds is 4. The number of hydrogen-bond donors (Lipinski definition) is 1. The van der Waals surface area contributed by atoms with Gasteiger partial charge in [-0.1, -0.05) is 20.3 Å². The zero-order valence-electron chi connectivity index (χ0n) is 13.6. The highest BCUT2D eigenvalue weighted by Gasteiger charge is 2.43. The maximum absolute atomic E-state index is 12.4. The molecule has 3 unspecified atom stereocenters. The van der Waals surface area contributed by atoms with Crippen LogP contribution in [0.15, 0.2) is 0 Å². The lowest BCUT2D eigenvalue weighted by Crippen LogP contribution is -2.56. The van der Waals surface area contributed by atoms with Crippen LogP contribution in [0.3, 0.4) is 0 Å². The molecule has 0 aromatic carbocycles. The van der Waals surface area contributed by atoms with Crippen molar-refractivity contribution in [2.24, 2.45) is 23.5 Å². The highest BCUT2D eigenvalue weighted by atomic mass is 16.2. The molecule has 1 aliphatic heterocycles. The number of carbonyl (C=O) groups is 1. The SMILES string of the molecule is CC(C)C[C@H](N)C(=O)N1CCN(C2CC3CCC2C3)CC1. The van der Waals surface area contributed by atoms with Gasteiger partial charge >= 0.3 is 0 Å². The van der Waals surface area contributed by atoms with Crippen LogP contribution >= 0.6 is 0 Å². The zero-order chi connectivity index (χ0) is 15.0. The second kappa shape index (κ2) is 6.25. The molecule has 120 valence electrons. The maximum Gasteiger partial charge on any atom is 0.239 e. The molecule has 21 heavy (non-hydrogen) atoms. The number of carbonyl (C=O) groups excluding carboxylic acids is 1. The van der Waals surface area contributed by atoms with Crippen LogP contribution in [0, 0.1) is 17.8 Å². The third kappa shape index (κ3) is 3.26. The summed E-state index contributed by atoms with van der Waals surface area (Å²) in [5.74, 6) is 2.59. The third-order valence-electron chi connectivity index (χ3n) is 5.84. The van der Waals surface area contributed by atoms with Gasteiger partial charge in [0.25, 0.3) is 0 Å². The largest absolute Gasteiger partial charge is 0.339 e. The highest BCUT2D eigenvalue weighted by Crippen LogP contribution is 2.46. The summed E-state index contributed by atoms with van der Waals surface area (Å²) >= 11 is 0. The van der Waals surface area contributed by atoms with E-state index in [1.807, 2.05) is 4.90 Å². The van der Waals surface area contributed by atoms with Crippen LogP contribution < -0.4 is 5.73 Å². The van der Waals surface area contributed by atoms with Gasteiger partial charge < -0.3 is 10.6 Å². The Morgan fingerprint density at radius 1 is 1.14 bits per heavy atom. The van der Waals surface area contributed by atoms with Crippen LogP contribution in [0.25, 0.3) is 0 Å². The monoisotopic (exact) mass is 293 g/mol. The Morgan fingerprint density at radius 2 is 1.86 bits per heavy atom. The number of nitrogens with two attached hydrogens (primary N) is 1. The smallest absolute Gasteiger partial charge is 0.239 e. The fourth-order valence-electron chi connectivity index (χ4n) is 4.78. The molecule has 4 atom stereocenters. The molecule has 2 aliphatic carbocycles. The Bertz CT molecular complexity index is 376. The lowest BCUT2D eigenvalue weighted by Gasteiger charge is -2.41. The summed E-state index contributed by atoms with van der Waals surface area (Å²) in [7, 11) is 0. The second-order valence-corrected chi connectivity index (χ2v) is 7.84. The van der Waals surface area contributed by atoms with Gasteiger partial charge in [-0.05, 0) is 43.4 Å². The molecule has 4 heteroatoms. The molecule has 0 aromatic rings. The Morgan fingerprint density at radius 3 is 2.38 bits per heavy atom. The molecule has 4 nitrogen and oxygen atoms in total. The van der Waals surface area contributed by atoms with Crippen LogP contribution in [0.2, 0.25) is 0 Å². The van der Waals surface area contributed by atoms with E-state index in [0.29, 0.717) is 5.92 Å². The minimum Gasteiger partial charge on any atom is -0.339 e. The lowest BCUT2D eigenvalue weighted by molar-refractivity contribution is -0.135. The van der Waals surface area contributed by atoms with E-state index < -0.39 is 0 Å². The molecule has 3 rings (SSSR count). The minimum atomic E-state index is -0.306. The van der Waals surface area contributed by atoms with Crippen molar-refractivity contribution in [3.05, 3.63) is 0 Å². The molecule has 1 heterocycles. The fourth-order valence-corrected chi connectivity index (χ4v) is 4.78. The molecule has 3 aliphatic rings. The summed E-state index contributed by atoms with van der Waals surface area (Å²) in [6.07, 6.45) is 6.57. The molecular formula is C17H31N3O. The summed E-state index contributed by atoms with van der Waals surface area (Å²) in [6.45, 7) is 8.10. The number of piperazine rings is 1. The maximum atomic E-state index is 12.4. The van der Waals surface area contributed by atoms with E-state index in [4.69, 9.17) is 5.73 Å². The summed E-state index contributed by atoms with van der Waals surface area (Å²) in [5.41, 5.74) is 6.05. The number of fused-ring (bicyclic) bond motifs is 2. The van der Waals surface area contributed by atoms with Gasteiger partial charge in [0, 0.05) is 32.2 Å². The molecule has 1 saturated heterocycles. The molecule has 1 amide bonds. The number of amides is 1. The van der Waals surface area contributed by atoms with Crippen molar-refractivity contribution in [3.8, 4) is 0 Å². The van der Waals surface area contributed by atoms with Gasteiger partial charge in [0.15, 0.2) is 0 Å². The number of hydrogen-bond acceptors (Lipinski definition) is 3. The molecule has 2 N–H and O–H groups in total. The van der Waals surface area contributed by atoms with Crippen LogP contribution in [0.4, 0.5) is 0 Å². The normalized spacial score (nSPS) is 34.7. The third-order valence-corrected chi connectivity index (χ3v) is 5.84. The van der Waals surface area contributed by atoms with Crippen molar-refractivity contribution in [2.75, 3.05) is 26.2 Å². The standard InChI is InChI=1S/C17H31N3O/c1-12(2)9-15(18)17(21)20-7-5-19(6-8-20)16-11-13-3-4-14(16)10-13/h12-16H,3-11,18H2,1-2H3/t13?,14?,15-,16?/m0/s1. The highest BCUT2D eigenvalue weighted by molar-refractivity contribution is 5.81. The van der Waals surface area contributed by atoms with Gasteiger partial charge in [0.1, 0.15) is 0 Å². The van der Waals surface area contributed by atoms with Crippen molar-refractivity contribution in [3.63, 3.8) is 0 Å². The molecule has 3 fully saturated rings. The van der Waals surface area contributed by atoms with Gasteiger partial charge in [0.2, 0.25) is 5.91 Å². The summed E-state index contributed by atoms with van der Waals surface area (Å²) in [4.78, 5) is 17.0. The molecule has 2 saturated carbocycles. The fraction of sp³-hybridized carbons (Fsp3) is 0.941. The van der Waals surface area contributed by atoms with E-state index in [1.165, 1.54) is 25.7 Å². The zero-order valence-corrected chi connectivity index (χ0v) is 13.6. The van der Waals surface area contributed by atoms with E-state index in [0.717, 1.165) is 50.5 Å². The molecule has 0 radical (unpaired) electrons. The second-order valence-electron chi connectivity index (χ2n) is 7.84. The van der Waals surface area contributed by atoms with Crippen LogP contribution in [0.1, 0.15) is 46.0 Å². The van der Waals surface area contributed by atoms with Crippen LogP contribution in [-0.4, -0.2) is 54.0 Å². The Kier molecular flexibility index (Phi) is 4.55. The van der Waals surface area contributed by atoms with Crippen molar-refractivity contribution in [1.29, 1.82) is 0 Å². The summed E-state index contributed by atoms with van der Waals surface area (Å²) in [5, 5.41) is 0. The van der Waals surface area contributed by atoms with E-state index in [9.17, 15) is 4.79 Å².